The topological polar surface area (TPSA) is 50.3 Å². The fourth-order valence-electron chi connectivity index (χ4n) is 4.29. The Morgan fingerprint density at radius 2 is 1.93 bits per heavy atom. The third-order valence-corrected chi connectivity index (χ3v) is 6.06. The summed E-state index contributed by atoms with van der Waals surface area (Å²) in [7, 11) is 0. The van der Waals surface area contributed by atoms with Crippen LogP contribution in [0.2, 0.25) is 5.28 Å². The Morgan fingerprint density at radius 1 is 1.20 bits per heavy atom. The number of nitrogens with one attached hydrogen (secondary N) is 1. The lowest BCUT2D eigenvalue weighted by molar-refractivity contribution is 0.0136. The summed E-state index contributed by atoms with van der Waals surface area (Å²) in [6.45, 7) is 4.95. The van der Waals surface area contributed by atoms with Crippen molar-refractivity contribution < 1.29 is 17.9 Å². The van der Waals surface area contributed by atoms with Crippen LogP contribution in [0.15, 0.2) is 18.2 Å². The van der Waals surface area contributed by atoms with Gasteiger partial charge in [0.2, 0.25) is 5.28 Å². The number of hydrogen-bond donors (Lipinski definition) is 1. The Morgan fingerprint density at radius 3 is 2.67 bits per heavy atom. The second-order valence-electron chi connectivity index (χ2n) is 7.73. The zero-order valence-electron chi connectivity index (χ0n) is 16.7. The largest absolute Gasteiger partial charge is 0.379 e. The van der Waals surface area contributed by atoms with E-state index in [-0.39, 0.29) is 10.8 Å². The van der Waals surface area contributed by atoms with Gasteiger partial charge in [0, 0.05) is 30.3 Å². The zero-order valence-corrected chi connectivity index (χ0v) is 17.4. The van der Waals surface area contributed by atoms with Gasteiger partial charge in [0.15, 0.2) is 0 Å². The highest BCUT2D eigenvalue weighted by atomic mass is 35.5. The van der Waals surface area contributed by atoms with Gasteiger partial charge in [-0.2, -0.15) is 0 Å². The predicted molar refractivity (Wildman–Crippen MR) is 109 cm³/mol. The van der Waals surface area contributed by atoms with Gasteiger partial charge >= 0.3 is 0 Å². The first-order valence-corrected chi connectivity index (χ1v) is 10.5. The van der Waals surface area contributed by atoms with E-state index in [9.17, 15) is 13.2 Å². The van der Waals surface area contributed by atoms with E-state index in [4.69, 9.17) is 16.3 Å². The molecule has 2 aromatic rings. The van der Waals surface area contributed by atoms with Crippen molar-refractivity contribution in [3.63, 3.8) is 0 Å². The molecular weight excluding hydrogens is 417 g/mol. The van der Waals surface area contributed by atoms with Crippen LogP contribution >= 0.6 is 11.6 Å². The highest BCUT2D eigenvalue weighted by molar-refractivity contribution is 6.28. The molecule has 0 bridgehead atoms. The molecule has 1 aromatic carbocycles. The maximum absolute atomic E-state index is 14.6. The van der Waals surface area contributed by atoms with Crippen LogP contribution in [0, 0.1) is 5.82 Å². The molecular formula is C21H24ClF3N4O. The first kappa shape index (κ1) is 21.3. The van der Waals surface area contributed by atoms with Gasteiger partial charge in [-0.1, -0.05) is 18.2 Å². The lowest BCUT2D eigenvalue weighted by atomic mass is 9.90. The van der Waals surface area contributed by atoms with Crippen molar-refractivity contribution in [3.8, 4) is 0 Å². The molecule has 2 atom stereocenters. The number of aryl methyl sites for hydroxylation is 1. The molecule has 5 nitrogen and oxygen atoms in total. The molecule has 2 aliphatic rings. The van der Waals surface area contributed by atoms with Crippen LogP contribution in [-0.4, -0.2) is 47.2 Å². The summed E-state index contributed by atoms with van der Waals surface area (Å²) < 4.78 is 46.2. The molecule has 9 heteroatoms. The molecule has 1 aliphatic heterocycles. The molecule has 1 aliphatic carbocycles. The molecule has 4 rings (SSSR count). The van der Waals surface area contributed by atoms with Crippen LogP contribution in [0.1, 0.15) is 48.2 Å². The monoisotopic (exact) mass is 440 g/mol. The second-order valence-corrected chi connectivity index (χ2v) is 8.07. The molecule has 0 spiro atoms. The minimum Gasteiger partial charge on any atom is -0.379 e. The van der Waals surface area contributed by atoms with E-state index in [1.807, 2.05) is 0 Å². The van der Waals surface area contributed by atoms with Crippen molar-refractivity contribution in [2.75, 3.05) is 31.6 Å². The number of rotatable bonds is 5. The quantitative estimate of drug-likeness (QED) is 0.690. The Bertz CT molecular complexity index is 908. The Labute approximate surface area is 178 Å². The fourth-order valence-corrected chi connectivity index (χ4v) is 4.48. The molecule has 1 saturated heterocycles. The van der Waals surface area contributed by atoms with Gasteiger partial charge in [-0.3, -0.25) is 4.90 Å². The van der Waals surface area contributed by atoms with Gasteiger partial charge in [-0.05, 0) is 37.8 Å². The predicted octanol–water partition coefficient (Wildman–Crippen LogP) is 4.57. The summed E-state index contributed by atoms with van der Waals surface area (Å²) in [5.74, 6) is -0.356. The number of morpholine rings is 1. The van der Waals surface area contributed by atoms with Gasteiger partial charge < -0.3 is 10.1 Å². The molecule has 1 fully saturated rings. The number of alkyl halides is 2. The highest BCUT2D eigenvalue weighted by Gasteiger charge is 2.29. The van der Waals surface area contributed by atoms with Crippen molar-refractivity contribution in [2.45, 2.75) is 44.7 Å². The lowest BCUT2D eigenvalue weighted by Gasteiger charge is -2.37. The molecule has 0 saturated carbocycles. The number of benzene rings is 1. The first-order valence-electron chi connectivity index (χ1n) is 10.1. The number of fused-ring (bicyclic) bond motifs is 1. The minimum atomic E-state index is -2.87. The normalized spacial score (nSPS) is 20.8. The maximum atomic E-state index is 14.6. The zero-order chi connectivity index (χ0) is 21.3. The minimum absolute atomic E-state index is 0.120. The fraction of sp³-hybridized carbons (Fsp3) is 0.524. The molecule has 1 aromatic heterocycles. The van der Waals surface area contributed by atoms with Gasteiger partial charge in [0.1, 0.15) is 11.6 Å². The van der Waals surface area contributed by atoms with Crippen LogP contribution in [0.25, 0.3) is 0 Å². The average molecular weight is 441 g/mol. The number of anilines is 1. The number of halogens is 4. The molecule has 0 radical (unpaired) electrons. The van der Waals surface area contributed by atoms with Crippen LogP contribution < -0.4 is 5.32 Å². The number of ether oxygens (including phenoxy) is 1. The molecule has 2 heterocycles. The summed E-state index contributed by atoms with van der Waals surface area (Å²) >= 11 is 6.13. The van der Waals surface area contributed by atoms with Crippen molar-refractivity contribution in [1.82, 2.24) is 14.9 Å². The van der Waals surface area contributed by atoms with E-state index in [0.717, 1.165) is 62.9 Å². The second kappa shape index (κ2) is 9.08. The average Bonchev–Trinajstić information content (AvgIpc) is 2.74. The van der Waals surface area contributed by atoms with Gasteiger partial charge in [0.25, 0.3) is 6.43 Å². The SMILES string of the molecule is C[C@@H](Nc1nc(Cl)nc2c1C[C@H](N1CCOCC1)CC2)c1cccc(C(F)F)c1F. The van der Waals surface area contributed by atoms with Crippen LogP contribution in [0.5, 0.6) is 0 Å². The van der Waals surface area contributed by atoms with Gasteiger partial charge in [-0.15, -0.1) is 0 Å². The molecule has 0 unspecified atom stereocenters. The first-order chi connectivity index (χ1) is 14.4. The van der Waals surface area contributed by atoms with E-state index >= 15 is 0 Å². The highest BCUT2D eigenvalue weighted by Crippen LogP contribution is 2.33. The number of nitrogens with zero attached hydrogens (tertiary/aromatic N) is 3. The molecule has 162 valence electrons. The number of hydrogen-bond acceptors (Lipinski definition) is 5. The van der Waals surface area contributed by atoms with E-state index in [2.05, 4.69) is 20.2 Å². The van der Waals surface area contributed by atoms with E-state index in [1.54, 1.807) is 6.92 Å². The molecule has 30 heavy (non-hydrogen) atoms. The summed E-state index contributed by atoms with van der Waals surface area (Å²) in [6.07, 6.45) is -0.368. The third kappa shape index (κ3) is 4.40. The van der Waals surface area contributed by atoms with Crippen LogP contribution in [0.3, 0.4) is 0 Å². The standard InChI is InChI=1S/C21H24ClF3N4O/c1-12(14-3-2-4-15(18(14)23)19(24)25)26-20-16-11-13(29-7-9-30-10-8-29)5-6-17(16)27-21(22)28-20/h2-4,12-13,19H,5-11H2,1H3,(H,26,27,28)/t12-,13-/m1/s1. The van der Waals surface area contributed by atoms with E-state index in [0.29, 0.717) is 11.9 Å². The van der Waals surface area contributed by atoms with Crippen LogP contribution in [0.4, 0.5) is 19.0 Å². The summed E-state index contributed by atoms with van der Waals surface area (Å²) in [5, 5.41) is 3.31. The third-order valence-electron chi connectivity index (χ3n) is 5.89. The van der Waals surface area contributed by atoms with Crippen molar-refractivity contribution >= 4 is 17.4 Å². The van der Waals surface area contributed by atoms with E-state index in [1.165, 1.54) is 12.1 Å². The van der Waals surface area contributed by atoms with Crippen molar-refractivity contribution in [2.24, 2.45) is 0 Å². The summed E-state index contributed by atoms with van der Waals surface area (Å²) in [4.78, 5) is 11.2. The lowest BCUT2D eigenvalue weighted by Crippen LogP contribution is -2.46. The van der Waals surface area contributed by atoms with Crippen molar-refractivity contribution in [1.29, 1.82) is 0 Å². The summed E-state index contributed by atoms with van der Waals surface area (Å²) in [6, 6.07) is 3.83. The molecule has 0 amide bonds. The Hall–Kier alpha value is -1.90. The smallest absolute Gasteiger partial charge is 0.266 e. The van der Waals surface area contributed by atoms with Crippen molar-refractivity contribution in [3.05, 3.63) is 51.7 Å². The van der Waals surface area contributed by atoms with Gasteiger partial charge in [0.05, 0.1) is 30.5 Å². The van der Waals surface area contributed by atoms with Crippen LogP contribution in [-0.2, 0) is 17.6 Å². The van der Waals surface area contributed by atoms with Gasteiger partial charge in [-0.25, -0.2) is 23.1 Å². The summed E-state index contributed by atoms with van der Waals surface area (Å²) in [5.41, 5.74) is 1.41. The Balaban J connectivity index is 1.59. The maximum Gasteiger partial charge on any atom is 0.266 e. The van der Waals surface area contributed by atoms with E-state index < -0.39 is 23.8 Å². The number of aromatic nitrogens is 2. The molecule has 1 N–H and O–H groups in total. The Kier molecular flexibility index (Phi) is 6.46.